The Morgan fingerprint density at radius 2 is 2.38 bits per heavy atom. The number of nitrogens with one attached hydrogen (secondary N) is 1. The maximum atomic E-state index is 9.27. The van der Waals surface area contributed by atoms with E-state index in [1.807, 2.05) is 13.0 Å². The first-order chi connectivity index (χ1) is 6.22. The third kappa shape index (κ3) is 3.29. The molecule has 0 amide bonds. The molecule has 0 spiro atoms. The number of rotatable bonds is 4. The van der Waals surface area contributed by atoms with Gasteiger partial charge in [-0.3, -0.25) is 0 Å². The number of aliphatic hydroxyl groups is 1. The lowest BCUT2D eigenvalue weighted by Crippen LogP contribution is -2.18. The van der Waals surface area contributed by atoms with Crippen LogP contribution in [0, 0.1) is 0 Å². The third-order valence-corrected chi connectivity index (χ3v) is 1.80. The van der Waals surface area contributed by atoms with Crippen molar-refractivity contribution in [3.05, 3.63) is 18.3 Å². The van der Waals surface area contributed by atoms with Crippen LogP contribution in [-0.4, -0.2) is 22.7 Å². The summed E-state index contributed by atoms with van der Waals surface area (Å²) in [7, 11) is 0. The van der Waals surface area contributed by atoms with Crippen LogP contribution < -0.4 is 11.1 Å². The van der Waals surface area contributed by atoms with Crippen LogP contribution in [0.2, 0.25) is 0 Å². The molecule has 4 nitrogen and oxygen atoms in total. The highest BCUT2D eigenvalue weighted by Gasteiger charge is 1.99. The summed E-state index contributed by atoms with van der Waals surface area (Å²) in [5, 5.41) is 12.3. The van der Waals surface area contributed by atoms with Gasteiger partial charge in [0.1, 0.15) is 5.82 Å². The van der Waals surface area contributed by atoms with Gasteiger partial charge in [0.05, 0.1) is 18.0 Å². The molecule has 1 unspecified atom stereocenters. The fourth-order valence-corrected chi connectivity index (χ4v) is 0.890. The van der Waals surface area contributed by atoms with Gasteiger partial charge in [-0.05, 0) is 18.6 Å². The van der Waals surface area contributed by atoms with Crippen molar-refractivity contribution >= 4 is 11.5 Å². The zero-order valence-corrected chi connectivity index (χ0v) is 7.70. The SMILES string of the molecule is CCC(O)CNc1ccc(N)nc1. The maximum absolute atomic E-state index is 9.27. The highest BCUT2D eigenvalue weighted by atomic mass is 16.3. The Bertz CT molecular complexity index is 248. The molecule has 0 aliphatic heterocycles. The summed E-state index contributed by atoms with van der Waals surface area (Å²) in [6.45, 7) is 2.48. The van der Waals surface area contributed by atoms with Crippen molar-refractivity contribution in [2.75, 3.05) is 17.6 Å². The third-order valence-electron chi connectivity index (χ3n) is 1.80. The number of aliphatic hydroxyl groups excluding tert-OH is 1. The molecular weight excluding hydrogens is 166 g/mol. The molecule has 0 aliphatic rings. The Hall–Kier alpha value is -1.29. The fraction of sp³-hybridized carbons (Fsp3) is 0.444. The van der Waals surface area contributed by atoms with Crippen molar-refractivity contribution in [1.82, 2.24) is 4.98 Å². The van der Waals surface area contributed by atoms with E-state index in [0.29, 0.717) is 12.4 Å². The number of hydrogen-bond acceptors (Lipinski definition) is 4. The Morgan fingerprint density at radius 3 is 2.92 bits per heavy atom. The van der Waals surface area contributed by atoms with Gasteiger partial charge in [0, 0.05) is 6.54 Å². The van der Waals surface area contributed by atoms with Crippen LogP contribution in [0.5, 0.6) is 0 Å². The molecular formula is C9H15N3O. The van der Waals surface area contributed by atoms with E-state index in [-0.39, 0.29) is 6.10 Å². The van der Waals surface area contributed by atoms with E-state index in [9.17, 15) is 5.11 Å². The first-order valence-corrected chi connectivity index (χ1v) is 4.36. The largest absolute Gasteiger partial charge is 0.391 e. The first kappa shape index (κ1) is 9.80. The highest BCUT2D eigenvalue weighted by Crippen LogP contribution is 2.06. The minimum Gasteiger partial charge on any atom is -0.391 e. The molecule has 0 saturated heterocycles. The molecule has 1 heterocycles. The highest BCUT2D eigenvalue weighted by molar-refractivity contribution is 5.45. The zero-order valence-electron chi connectivity index (χ0n) is 7.70. The van der Waals surface area contributed by atoms with E-state index >= 15 is 0 Å². The quantitative estimate of drug-likeness (QED) is 0.644. The predicted molar refractivity (Wildman–Crippen MR) is 53.4 cm³/mol. The zero-order chi connectivity index (χ0) is 9.68. The number of nitrogen functional groups attached to an aromatic ring is 1. The molecule has 1 atom stereocenters. The van der Waals surface area contributed by atoms with Gasteiger partial charge < -0.3 is 16.2 Å². The number of anilines is 2. The second kappa shape index (κ2) is 4.67. The standard InChI is InChI=1S/C9H15N3O/c1-2-8(13)6-11-7-3-4-9(10)12-5-7/h3-5,8,11,13H,2,6H2,1H3,(H2,10,12). The van der Waals surface area contributed by atoms with Crippen molar-refractivity contribution < 1.29 is 5.11 Å². The molecule has 0 aliphatic carbocycles. The van der Waals surface area contributed by atoms with Gasteiger partial charge in [-0.15, -0.1) is 0 Å². The van der Waals surface area contributed by atoms with E-state index in [1.54, 1.807) is 12.3 Å². The molecule has 1 rings (SSSR count). The van der Waals surface area contributed by atoms with Crippen LogP contribution in [0.4, 0.5) is 11.5 Å². The van der Waals surface area contributed by atoms with Gasteiger partial charge in [-0.25, -0.2) is 4.98 Å². The summed E-state index contributed by atoms with van der Waals surface area (Å²) in [4.78, 5) is 3.92. The van der Waals surface area contributed by atoms with Crippen molar-refractivity contribution in [1.29, 1.82) is 0 Å². The van der Waals surface area contributed by atoms with Crippen LogP contribution in [0.3, 0.4) is 0 Å². The number of aromatic nitrogens is 1. The Balaban J connectivity index is 2.41. The van der Waals surface area contributed by atoms with Crippen molar-refractivity contribution in [3.63, 3.8) is 0 Å². The number of nitrogens with zero attached hydrogens (tertiary/aromatic N) is 1. The van der Waals surface area contributed by atoms with Crippen LogP contribution in [-0.2, 0) is 0 Å². The van der Waals surface area contributed by atoms with Crippen molar-refractivity contribution in [2.45, 2.75) is 19.4 Å². The summed E-state index contributed by atoms with van der Waals surface area (Å²) in [6, 6.07) is 3.56. The minimum atomic E-state index is -0.308. The van der Waals surface area contributed by atoms with E-state index < -0.39 is 0 Å². The first-order valence-electron chi connectivity index (χ1n) is 4.36. The van der Waals surface area contributed by atoms with Gasteiger partial charge in [0.2, 0.25) is 0 Å². The van der Waals surface area contributed by atoms with Gasteiger partial charge in [-0.1, -0.05) is 6.92 Å². The average molecular weight is 181 g/mol. The molecule has 0 radical (unpaired) electrons. The molecule has 72 valence electrons. The van der Waals surface area contributed by atoms with Gasteiger partial charge in [-0.2, -0.15) is 0 Å². The molecule has 1 aromatic heterocycles. The minimum absolute atomic E-state index is 0.308. The average Bonchev–Trinajstić information content (AvgIpc) is 2.16. The van der Waals surface area contributed by atoms with E-state index in [0.717, 1.165) is 12.1 Å². The van der Waals surface area contributed by atoms with Gasteiger partial charge in [0.15, 0.2) is 0 Å². The van der Waals surface area contributed by atoms with Gasteiger partial charge >= 0.3 is 0 Å². The van der Waals surface area contributed by atoms with Crippen molar-refractivity contribution in [2.24, 2.45) is 0 Å². The molecule has 4 heteroatoms. The van der Waals surface area contributed by atoms with Crippen LogP contribution >= 0.6 is 0 Å². The molecule has 13 heavy (non-hydrogen) atoms. The Labute approximate surface area is 77.8 Å². The summed E-state index contributed by atoms with van der Waals surface area (Å²) < 4.78 is 0. The van der Waals surface area contributed by atoms with Crippen LogP contribution in [0.15, 0.2) is 18.3 Å². The smallest absolute Gasteiger partial charge is 0.123 e. The van der Waals surface area contributed by atoms with E-state index in [2.05, 4.69) is 10.3 Å². The second-order valence-electron chi connectivity index (χ2n) is 2.91. The van der Waals surface area contributed by atoms with Crippen LogP contribution in [0.1, 0.15) is 13.3 Å². The maximum Gasteiger partial charge on any atom is 0.123 e. The predicted octanol–water partition coefficient (Wildman–Crippen LogP) is 0.847. The fourth-order valence-electron chi connectivity index (χ4n) is 0.890. The molecule has 0 saturated carbocycles. The Kier molecular flexibility index (Phi) is 3.52. The lowest BCUT2D eigenvalue weighted by Gasteiger charge is -2.09. The second-order valence-corrected chi connectivity index (χ2v) is 2.91. The van der Waals surface area contributed by atoms with E-state index in [1.165, 1.54) is 0 Å². The summed E-state index contributed by atoms with van der Waals surface area (Å²) >= 11 is 0. The van der Waals surface area contributed by atoms with E-state index in [4.69, 9.17) is 5.73 Å². The number of nitrogens with two attached hydrogens (primary N) is 1. The lowest BCUT2D eigenvalue weighted by molar-refractivity contribution is 0.183. The lowest BCUT2D eigenvalue weighted by atomic mass is 10.3. The summed E-state index contributed by atoms with van der Waals surface area (Å²) in [6.07, 6.45) is 2.09. The normalized spacial score (nSPS) is 12.5. The molecule has 0 fully saturated rings. The Morgan fingerprint density at radius 1 is 1.62 bits per heavy atom. The molecule has 0 bridgehead atoms. The number of pyridine rings is 1. The molecule has 4 N–H and O–H groups in total. The van der Waals surface area contributed by atoms with Gasteiger partial charge in [0.25, 0.3) is 0 Å². The van der Waals surface area contributed by atoms with Crippen LogP contribution in [0.25, 0.3) is 0 Å². The van der Waals surface area contributed by atoms with Crippen molar-refractivity contribution in [3.8, 4) is 0 Å². The summed E-state index contributed by atoms with van der Waals surface area (Å²) in [5.41, 5.74) is 6.30. The molecule has 0 aromatic carbocycles. The monoisotopic (exact) mass is 181 g/mol. The molecule has 1 aromatic rings. The summed E-state index contributed by atoms with van der Waals surface area (Å²) in [5.74, 6) is 0.501. The topological polar surface area (TPSA) is 71.2 Å². The number of hydrogen-bond donors (Lipinski definition) is 3.